The summed E-state index contributed by atoms with van der Waals surface area (Å²) in [6.07, 6.45) is 2.12. The van der Waals surface area contributed by atoms with Crippen molar-refractivity contribution in [1.82, 2.24) is 0 Å². The standard InChI is InChI=1S/C16H19NO/c17-16-10-4-8-15(12-16)13-18-11-5-9-14-6-2-1-3-7-14/h1-4,6-8,10,12H,5,9,11,13,17H2. The highest BCUT2D eigenvalue weighted by molar-refractivity contribution is 5.40. The first-order chi connectivity index (χ1) is 8.84. The second kappa shape index (κ2) is 6.82. The fourth-order valence-corrected chi connectivity index (χ4v) is 1.90. The van der Waals surface area contributed by atoms with Gasteiger partial charge in [0.15, 0.2) is 0 Å². The molecule has 0 heterocycles. The van der Waals surface area contributed by atoms with Crippen molar-refractivity contribution >= 4 is 5.69 Å². The van der Waals surface area contributed by atoms with Gasteiger partial charge in [-0.05, 0) is 36.1 Å². The van der Waals surface area contributed by atoms with Crippen LogP contribution in [0.25, 0.3) is 0 Å². The van der Waals surface area contributed by atoms with Crippen LogP contribution in [0.4, 0.5) is 5.69 Å². The molecule has 0 aromatic heterocycles. The van der Waals surface area contributed by atoms with E-state index in [0.717, 1.165) is 30.7 Å². The molecule has 0 unspecified atom stereocenters. The van der Waals surface area contributed by atoms with Crippen molar-refractivity contribution in [1.29, 1.82) is 0 Å². The Morgan fingerprint density at radius 1 is 0.889 bits per heavy atom. The summed E-state index contributed by atoms with van der Waals surface area (Å²) in [4.78, 5) is 0. The third-order valence-corrected chi connectivity index (χ3v) is 2.82. The minimum Gasteiger partial charge on any atom is -0.399 e. The zero-order valence-electron chi connectivity index (χ0n) is 10.5. The Bertz CT molecular complexity index is 468. The number of hydrogen-bond donors (Lipinski definition) is 1. The Hall–Kier alpha value is -1.80. The Balaban J connectivity index is 1.65. The number of benzene rings is 2. The maximum Gasteiger partial charge on any atom is 0.0717 e. The molecule has 0 radical (unpaired) electrons. The van der Waals surface area contributed by atoms with Crippen LogP contribution in [0.15, 0.2) is 54.6 Å². The maximum atomic E-state index is 5.71. The fraction of sp³-hybridized carbons (Fsp3) is 0.250. The Morgan fingerprint density at radius 3 is 2.44 bits per heavy atom. The van der Waals surface area contributed by atoms with Crippen molar-refractivity contribution in [2.45, 2.75) is 19.4 Å². The van der Waals surface area contributed by atoms with Gasteiger partial charge in [-0.15, -0.1) is 0 Å². The number of hydrogen-bond acceptors (Lipinski definition) is 2. The molecule has 0 fully saturated rings. The Labute approximate surface area is 108 Å². The van der Waals surface area contributed by atoms with Crippen molar-refractivity contribution in [3.05, 3.63) is 65.7 Å². The van der Waals surface area contributed by atoms with Crippen LogP contribution >= 0.6 is 0 Å². The molecule has 2 heteroatoms. The molecule has 0 saturated carbocycles. The second-order valence-electron chi connectivity index (χ2n) is 4.39. The van der Waals surface area contributed by atoms with Gasteiger partial charge >= 0.3 is 0 Å². The number of nitrogens with two attached hydrogens (primary N) is 1. The van der Waals surface area contributed by atoms with E-state index in [1.807, 2.05) is 30.3 Å². The van der Waals surface area contributed by atoms with Crippen LogP contribution in [0, 0.1) is 0 Å². The van der Waals surface area contributed by atoms with Crippen molar-refractivity contribution in [3.63, 3.8) is 0 Å². The molecule has 0 atom stereocenters. The highest BCUT2D eigenvalue weighted by Gasteiger charge is 1.95. The summed E-state index contributed by atoms with van der Waals surface area (Å²) in [7, 11) is 0. The van der Waals surface area contributed by atoms with Crippen LogP contribution in [0.3, 0.4) is 0 Å². The van der Waals surface area contributed by atoms with Gasteiger partial charge in [0.1, 0.15) is 0 Å². The van der Waals surface area contributed by atoms with Crippen LogP contribution in [-0.4, -0.2) is 6.61 Å². The highest BCUT2D eigenvalue weighted by Crippen LogP contribution is 2.08. The van der Waals surface area contributed by atoms with Gasteiger partial charge in [-0.25, -0.2) is 0 Å². The third-order valence-electron chi connectivity index (χ3n) is 2.82. The van der Waals surface area contributed by atoms with Gasteiger partial charge in [-0.2, -0.15) is 0 Å². The average molecular weight is 241 g/mol. The second-order valence-corrected chi connectivity index (χ2v) is 4.39. The molecule has 0 bridgehead atoms. The summed E-state index contributed by atoms with van der Waals surface area (Å²) in [6, 6.07) is 18.3. The van der Waals surface area contributed by atoms with Gasteiger partial charge in [0.2, 0.25) is 0 Å². The van der Waals surface area contributed by atoms with Crippen LogP contribution < -0.4 is 5.73 Å². The van der Waals surface area contributed by atoms with E-state index in [-0.39, 0.29) is 0 Å². The first-order valence-corrected chi connectivity index (χ1v) is 6.31. The van der Waals surface area contributed by atoms with E-state index in [2.05, 4.69) is 24.3 Å². The van der Waals surface area contributed by atoms with Gasteiger partial charge in [-0.3, -0.25) is 0 Å². The van der Waals surface area contributed by atoms with Gasteiger partial charge < -0.3 is 10.5 Å². The Morgan fingerprint density at radius 2 is 1.67 bits per heavy atom. The number of anilines is 1. The van der Waals surface area contributed by atoms with Gasteiger partial charge in [0, 0.05) is 12.3 Å². The van der Waals surface area contributed by atoms with Crippen LogP contribution in [-0.2, 0) is 17.8 Å². The van der Waals surface area contributed by atoms with Crippen molar-refractivity contribution in [2.24, 2.45) is 0 Å². The number of rotatable bonds is 6. The van der Waals surface area contributed by atoms with E-state index in [4.69, 9.17) is 10.5 Å². The predicted molar refractivity (Wildman–Crippen MR) is 75.3 cm³/mol. The molecule has 0 amide bonds. The molecule has 0 saturated heterocycles. The average Bonchev–Trinajstić information content (AvgIpc) is 2.40. The normalized spacial score (nSPS) is 10.4. The number of nitrogen functional groups attached to an aromatic ring is 1. The lowest BCUT2D eigenvalue weighted by atomic mass is 10.1. The van der Waals surface area contributed by atoms with Gasteiger partial charge in [0.05, 0.1) is 6.61 Å². The summed E-state index contributed by atoms with van der Waals surface area (Å²) >= 11 is 0. The molecular formula is C16H19NO. The lowest BCUT2D eigenvalue weighted by Gasteiger charge is -2.05. The molecule has 0 spiro atoms. The van der Waals surface area contributed by atoms with E-state index in [0.29, 0.717) is 6.61 Å². The van der Waals surface area contributed by atoms with Gasteiger partial charge in [-0.1, -0.05) is 42.5 Å². The lowest BCUT2D eigenvalue weighted by molar-refractivity contribution is 0.119. The molecule has 2 N–H and O–H groups in total. The summed E-state index contributed by atoms with van der Waals surface area (Å²) in [6.45, 7) is 1.42. The van der Waals surface area contributed by atoms with Crippen molar-refractivity contribution in [2.75, 3.05) is 12.3 Å². The number of aryl methyl sites for hydroxylation is 1. The molecule has 0 aliphatic heterocycles. The maximum absolute atomic E-state index is 5.71. The molecular weight excluding hydrogens is 222 g/mol. The summed E-state index contributed by atoms with van der Waals surface area (Å²) in [5.74, 6) is 0. The quantitative estimate of drug-likeness (QED) is 0.621. The molecule has 0 aliphatic rings. The topological polar surface area (TPSA) is 35.2 Å². The minimum atomic E-state index is 0.639. The summed E-state index contributed by atoms with van der Waals surface area (Å²) in [5.41, 5.74) is 9.00. The predicted octanol–water partition coefficient (Wildman–Crippen LogP) is 3.42. The monoisotopic (exact) mass is 241 g/mol. The fourth-order valence-electron chi connectivity index (χ4n) is 1.90. The molecule has 2 aromatic carbocycles. The first-order valence-electron chi connectivity index (χ1n) is 6.31. The lowest BCUT2D eigenvalue weighted by Crippen LogP contribution is -1.98. The zero-order chi connectivity index (χ0) is 12.6. The van der Waals surface area contributed by atoms with Crippen LogP contribution in [0.2, 0.25) is 0 Å². The summed E-state index contributed by atoms with van der Waals surface area (Å²) in [5, 5.41) is 0. The van der Waals surface area contributed by atoms with E-state index >= 15 is 0 Å². The Kier molecular flexibility index (Phi) is 4.79. The van der Waals surface area contributed by atoms with Crippen LogP contribution in [0.1, 0.15) is 17.5 Å². The largest absolute Gasteiger partial charge is 0.399 e. The van der Waals surface area contributed by atoms with E-state index in [1.165, 1.54) is 5.56 Å². The molecule has 2 nitrogen and oxygen atoms in total. The van der Waals surface area contributed by atoms with Crippen molar-refractivity contribution < 1.29 is 4.74 Å². The first kappa shape index (κ1) is 12.7. The van der Waals surface area contributed by atoms with Crippen molar-refractivity contribution in [3.8, 4) is 0 Å². The molecule has 2 rings (SSSR count). The van der Waals surface area contributed by atoms with Gasteiger partial charge in [0.25, 0.3) is 0 Å². The van der Waals surface area contributed by atoms with E-state index < -0.39 is 0 Å². The molecule has 94 valence electrons. The SMILES string of the molecule is Nc1cccc(COCCCc2ccccc2)c1. The van der Waals surface area contributed by atoms with Crippen LogP contribution in [0.5, 0.6) is 0 Å². The van der Waals surface area contributed by atoms with E-state index in [1.54, 1.807) is 0 Å². The highest BCUT2D eigenvalue weighted by atomic mass is 16.5. The summed E-state index contributed by atoms with van der Waals surface area (Å²) < 4.78 is 5.64. The molecule has 18 heavy (non-hydrogen) atoms. The molecule has 2 aromatic rings. The number of ether oxygens (including phenoxy) is 1. The third kappa shape index (κ3) is 4.22. The van der Waals surface area contributed by atoms with E-state index in [9.17, 15) is 0 Å². The minimum absolute atomic E-state index is 0.639. The molecule has 0 aliphatic carbocycles. The smallest absolute Gasteiger partial charge is 0.0717 e. The zero-order valence-corrected chi connectivity index (χ0v) is 10.5.